The molecule has 100 valence electrons. The van der Waals surface area contributed by atoms with Gasteiger partial charge in [-0.25, -0.2) is 8.42 Å². The highest BCUT2D eigenvalue weighted by molar-refractivity contribution is 9.10. The van der Waals surface area contributed by atoms with Gasteiger partial charge in [-0.2, -0.15) is 0 Å². The van der Waals surface area contributed by atoms with Crippen molar-refractivity contribution in [2.75, 3.05) is 23.6 Å². The van der Waals surface area contributed by atoms with Crippen LogP contribution in [0.15, 0.2) is 22.9 Å². The van der Waals surface area contributed by atoms with E-state index in [1.54, 1.807) is 18.5 Å². The van der Waals surface area contributed by atoms with Crippen LogP contribution in [0, 0.1) is 5.92 Å². The molecule has 18 heavy (non-hydrogen) atoms. The van der Waals surface area contributed by atoms with Crippen LogP contribution in [0.3, 0.4) is 0 Å². The Kier molecular flexibility index (Phi) is 4.58. The number of halogens is 1. The van der Waals surface area contributed by atoms with E-state index in [2.05, 4.69) is 31.0 Å². The van der Waals surface area contributed by atoms with E-state index >= 15 is 0 Å². The van der Waals surface area contributed by atoms with E-state index in [4.69, 9.17) is 0 Å². The third kappa shape index (κ3) is 3.93. The molecule has 0 atom stereocenters. The van der Waals surface area contributed by atoms with Crippen LogP contribution in [0.25, 0.3) is 0 Å². The summed E-state index contributed by atoms with van der Waals surface area (Å²) < 4.78 is 27.3. The molecule has 1 aliphatic heterocycles. The van der Waals surface area contributed by atoms with E-state index in [-0.39, 0.29) is 11.7 Å². The summed E-state index contributed by atoms with van der Waals surface area (Å²) >= 11 is 3.27. The standard InChI is InChI=1S/C11H16BrN3O2S/c12-10-7-14-6-3-11(10)15-18(16,17)8-9-1-4-13-5-2-9/h3,6-7,9,13H,1-2,4-5,8H2,(H,14,15). The lowest BCUT2D eigenvalue weighted by atomic mass is 10.0. The quantitative estimate of drug-likeness (QED) is 0.877. The Bertz CT molecular complexity index is 501. The molecular weight excluding hydrogens is 318 g/mol. The number of piperidine rings is 1. The number of anilines is 1. The molecule has 7 heteroatoms. The second-order valence-corrected chi connectivity index (χ2v) is 7.05. The fourth-order valence-corrected chi connectivity index (χ4v) is 4.06. The van der Waals surface area contributed by atoms with E-state index in [0.29, 0.717) is 10.2 Å². The van der Waals surface area contributed by atoms with E-state index in [9.17, 15) is 8.42 Å². The zero-order valence-electron chi connectivity index (χ0n) is 9.89. The number of nitrogens with zero attached hydrogens (tertiary/aromatic N) is 1. The third-order valence-corrected chi connectivity index (χ3v) is 5.02. The van der Waals surface area contributed by atoms with Gasteiger partial charge in [-0.05, 0) is 53.8 Å². The zero-order chi connectivity index (χ0) is 13.0. The van der Waals surface area contributed by atoms with E-state index < -0.39 is 10.0 Å². The Morgan fingerprint density at radius 3 is 2.83 bits per heavy atom. The van der Waals surface area contributed by atoms with Crippen LogP contribution in [0.4, 0.5) is 5.69 Å². The summed E-state index contributed by atoms with van der Waals surface area (Å²) in [5, 5.41) is 3.23. The molecule has 0 aliphatic carbocycles. The fraction of sp³-hybridized carbons (Fsp3) is 0.545. The molecule has 0 saturated carbocycles. The molecule has 2 heterocycles. The van der Waals surface area contributed by atoms with Crippen LogP contribution in [-0.4, -0.2) is 32.2 Å². The summed E-state index contributed by atoms with van der Waals surface area (Å²) in [6.45, 7) is 1.80. The molecule has 0 aromatic carbocycles. The lowest BCUT2D eigenvalue weighted by Crippen LogP contribution is -2.33. The van der Waals surface area contributed by atoms with E-state index in [0.717, 1.165) is 25.9 Å². The normalized spacial score (nSPS) is 17.6. The maximum absolute atomic E-state index is 12.0. The van der Waals surface area contributed by atoms with Crippen molar-refractivity contribution in [1.82, 2.24) is 10.3 Å². The highest BCUT2D eigenvalue weighted by Gasteiger charge is 2.21. The van der Waals surface area contributed by atoms with Crippen LogP contribution >= 0.6 is 15.9 Å². The predicted octanol–water partition coefficient (Wildman–Crippen LogP) is 1.59. The first-order chi connectivity index (χ1) is 8.57. The molecule has 1 aromatic heterocycles. The first-order valence-electron chi connectivity index (χ1n) is 5.87. The smallest absolute Gasteiger partial charge is 0.233 e. The summed E-state index contributed by atoms with van der Waals surface area (Å²) in [6.07, 6.45) is 4.96. The van der Waals surface area contributed by atoms with Gasteiger partial charge in [0, 0.05) is 12.4 Å². The summed E-state index contributed by atoms with van der Waals surface area (Å²) in [5.41, 5.74) is 0.541. The van der Waals surface area contributed by atoms with Gasteiger partial charge < -0.3 is 5.32 Å². The minimum atomic E-state index is -3.29. The molecule has 5 nitrogen and oxygen atoms in total. The van der Waals surface area contributed by atoms with Crippen molar-refractivity contribution in [3.8, 4) is 0 Å². The van der Waals surface area contributed by atoms with Crippen molar-refractivity contribution < 1.29 is 8.42 Å². The van der Waals surface area contributed by atoms with E-state index in [1.807, 2.05) is 0 Å². The van der Waals surface area contributed by atoms with Gasteiger partial charge in [0.05, 0.1) is 15.9 Å². The number of pyridine rings is 1. The summed E-state index contributed by atoms with van der Waals surface area (Å²) in [7, 11) is -3.29. The molecule has 2 N–H and O–H groups in total. The molecule has 0 spiro atoms. The number of hydrogen-bond donors (Lipinski definition) is 2. The molecule has 0 bridgehead atoms. The van der Waals surface area contributed by atoms with Gasteiger partial charge in [0.15, 0.2) is 0 Å². The number of rotatable bonds is 4. The van der Waals surface area contributed by atoms with Crippen molar-refractivity contribution in [2.45, 2.75) is 12.8 Å². The highest BCUT2D eigenvalue weighted by atomic mass is 79.9. The van der Waals surface area contributed by atoms with E-state index in [1.165, 1.54) is 0 Å². The van der Waals surface area contributed by atoms with Crippen LogP contribution in [0.5, 0.6) is 0 Å². The molecule has 1 fully saturated rings. The minimum absolute atomic E-state index is 0.184. The van der Waals surface area contributed by atoms with Gasteiger partial charge in [-0.15, -0.1) is 0 Å². The molecule has 0 unspecified atom stereocenters. The molecule has 1 aromatic rings. The second kappa shape index (κ2) is 5.99. The average Bonchev–Trinajstić information content (AvgIpc) is 2.32. The average molecular weight is 334 g/mol. The van der Waals surface area contributed by atoms with Gasteiger partial charge in [0.2, 0.25) is 10.0 Å². The SMILES string of the molecule is O=S(=O)(CC1CCNCC1)Nc1ccncc1Br. The topological polar surface area (TPSA) is 71.1 Å². The number of sulfonamides is 1. The second-order valence-electron chi connectivity index (χ2n) is 4.43. The Morgan fingerprint density at radius 2 is 2.17 bits per heavy atom. The molecule has 1 saturated heterocycles. The molecule has 2 rings (SSSR count). The Hall–Kier alpha value is -0.660. The highest BCUT2D eigenvalue weighted by Crippen LogP contribution is 2.22. The largest absolute Gasteiger partial charge is 0.317 e. The first-order valence-corrected chi connectivity index (χ1v) is 8.32. The molecule has 0 radical (unpaired) electrons. The number of aromatic nitrogens is 1. The number of nitrogens with one attached hydrogen (secondary N) is 2. The third-order valence-electron chi connectivity index (χ3n) is 2.95. The van der Waals surface area contributed by atoms with Gasteiger partial charge in [0.25, 0.3) is 0 Å². The maximum Gasteiger partial charge on any atom is 0.233 e. The maximum atomic E-state index is 12.0. The van der Waals surface area contributed by atoms with Crippen molar-refractivity contribution in [3.63, 3.8) is 0 Å². The Labute approximate surface area is 116 Å². The summed E-state index contributed by atoms with van der Waals surface area (Å²) in [4.78, 5) is 3.90. The molecule has 1 aliphatic rings. The van der Waals surface area contributed by atoms with Crippen LogP contribution in [0.2, 0.25) is 0 Å². The Morgan fingerprint density at radius 1 is 1.44 bits per heavy atom. The van der Waals surface area contributed by atoms with Gasteiger partial charge in [-0.1, -0.05) is 0 Å². The molecule has 0 amide bonds. The van der Waals surface area contributed by atoms with Gasteiger partial charge in [0.1, 0.15) is 0 Å². The summed E-state index contributed by atoms with van der Waals surface area (Å²) in [6, 6.07) is 1.64. The van der Waals surface area contributed by atoms with Gasteiger partial charge in [-0.3, -0.25) is 9.71 Å². The van der Waals surface area contributed by atoms with Crippen LogP contribution < -0.4 is 10.0 Å². The minimum Gasteiger partial charge on any atom is -0.317 e. The van der Waals surface area contributed by atoms with Crippen molar-refractivity contribution in [1.29, 1.82) is 0 Å². The fourth-order valence-electron chi connectivity index (χ4n) is 2.03. The van der Waals surface area contributed by atoms with Gasteiger partial charge >= 0.3 is 0 Å². The lowest BCUT2D eigenvalue weighted by molar-refractivity contribution is 0.402. The van der Waals surface area contributed by atoms with Crippen molar-refractivity contribution in [3.05, 3.63) is 22.9 Å². The lowest BCUT2D eigenvalue weighted by Gasteiger charge is -2.22. The monoisotopic (exact) mass is 333 g/mol. The predicted molar refractivity (Wildman–Crippen MR) is 74.9 cm³/mol. The first kappa shape index (κ1) is 13.8. The van der Waals surface area contributed by atoms with Crippen molar-refractivity contribution in [2.24, 2.45) is 5.92 Å². The molecular formula is C11H16BrN3O2S. The van der Waals surface area contributed by atoms with Crippen LogP contribution in [-0.2, 0) is 10.0 Å². The zero-order valence-corrected chi connectivity index (χ0v) is 12.3. The van der Waals surface area contributed by atoms with Crippen LogP contribution in [0.1, 0.15) is 12.8 Å². The number of hydrogen-bond acceptors (Lipinski definition) is 4. The van der Waals surface area contributed by atoms with Crippen molar-refractivity contribution >= 4 is 31.6 Å². The summed E-state index contributed by atoms with van der Waals surface area (Å²) in [5.74, 6) is 0.424. The Balaban J connectivity index is 2.01.